The molecule has 0 spiro atoms. The second-order valence-corrected chi connectivity index (χ2v) is 11.3. The van der Waals surface area contributed by atoms with Crippen molar-refractivity contribution in [2.24, 2.45) is 0 Å². The Hall–Kier alpha value is -2.92. The number of hydrogen-bond donors (Lipinski definition) is 0. The molecule has 37 heavy (non-hydrogen) atoms. The van der Waals surface area contributed by atoms with E-state index in [0.717, 1.165) is 31.6 Å². The number of hydrogen-bond acceptors (Lipinski definition) is 4. The molecule has 1 amide bonds. The second kappa shape index (κ2) is 11.6. The predicted octanol–water partition coefficient (Wildman–Crippen LogP) is 6.93. The van der Waals surface area contributed by atoms with Gasteiger partial charge < -0.3 is 14.2 Å². The van der Waals surface area contributed by atoms with Crippen LogP contribution in [0.4, 0.5) is 0 Å². The van der Waals surface area contributed by atoms with Gasteiger partial charge in [0.15, 0.2) is 5.43 Å². The van der Waals surface area contributed by atoms with E-state index in [9.17, 15) is 9.59 Å². The highest BCUT2D eigenvalue weighted by molar-refractivity contribution is 5.99. The van der Waals surface area contributed by atoms with Gasteiger partial charge in [-0.15, -0.1) is 0 Å². The van der Waals surface area contributed by atoms with Crippen LogP contribution in [0.3, 0.4) is 0 Å². The van der Waals surface area contributed by atoms with Crippen molar-refractivity contribution in [2.45, 2.75) is 78.2 Å². The molecule has 1 atom stereocenters. The molecule has 0 saturated carbocycles. The molecule has 3 aromatic rings. The van der Waals surface area contributed by atoms with Gasteiger partial charge in [-0.2, -0.15) is 0 Å². The summed E-state index contributed by atoms with van der Waals surface area (Å²) >= 11 is 0. The molecule has 2 heterocycles. The van der Waals surface area contributed by atoms with Crippen molar-refractivity contribution in [3.8, 4) is 0 Å². The summed E-state index contributed by atoms with van der Waals surface area (Å²) in [6.07, 6.45) is 5.58. The highest BCUT2D eigenvalue weighted by Gasteiger charge is 2.42. The van der Waals surface area contributed by atoms with E-state index >= 15 is 0 Å². The van der Waals surface area contributed by atoms with Gasteiger partial charge in [0.1, 0.15) is 5.58 Å². The van der Waals surface area contributed by atoms with Gasteiger partial charge in [0.2, 0.25) is 5.76 Å². The molecule has 5 heteroatoms. The van der Waals surface area contributed by atoms with Gasteiger partial charge in [-0.25, -0.2) is 0 Å². The number of amides is 1. The fraction of sp³-hybridized carbons (Fsp3) is 0.500. The van der Waals surface area contributed by atoms with Gasteiger partial charge in [-0.3, -0.25) is 9.59 Å². The number of carbonyl (C=O) groups is 1. The van der Waals surface area contributed by atoms with Crippen molar-refractivity contribution in [1.82, 2.24) is 9.80 Å². The Labute approximate surface area is 221 Å². The van der Waals surface area contributed by atoms with Crippen LogP contribution in [0.2, 0.25) is 0 Å². The van der Waals surface area contributed by atoms with Crippen molar-refractivity contribution in [3.63, 3.8) is 0 Å². The van der Waals surface area contributed by atoms with Crippen LogP contribution in [-0.4, -0.2) is 41.9 Å². The van der Waals surface area contributed by atoms with Gasteiger partial charge in [0.25, 0.3) is 5.91 Å². The molecule has 0 radical (unpaired) electrons. The van der Waals surface area contributed by atoms with E-state index in [4.69, 9.17) is 4.42 Å². The number of benzene rings is 2. The van der Waals surface area contributed by atoms with Crippen LogP contribution in [0.5, 0.6) is 0 Å². The summed E-state index contributed by atoms with van der Waals surface area (Å²) in [7, 11) is 0. The molecule has 5 nitrogen and oxygen atoms in total. The van der Waals surface area contributed by atoms with Crippen molar-refractivity contribution in [2.75, 3.05) is 26.2 Å². The normalized spacial score (nSPS) is 15.7. The Morgan fingerprint density at radius 1 is 0.865 bits per heavy atom. The molecule has 0 saturated heterocycles. The van der Waals surface area contributed by atoms with E-state index in [-0.39, 0.29) is 22.5 Å². The summed E-state index contributed by atoms with van der Waals surface area (Å²) in [6.45, 7) is 14.7. The highest BCUT2D eigenvalue weighted by Crippen LogP contribution is 2.38. The molecule has 0 bridgehead atoms. The van der Waals surface area contributed by atoms with Crippen LogP contribution in [0.15, 0.2) is 57.7 Å². The first kappa shape index (κ1) is 27.1. The SMILES string of the molecule is CCCCN(CCCC)CCCN1C(=O)c2oc3ccccc3c(=O)c2C1c1ccc(C(C)(C)C)cc1. The van der Waals surface area contributed by atoms with Crippen LogP contribution in [-0.2, 0) is 5.41 Å². The lowest BCUT2D eigenvalue weighted by Crippen LogP contribution is -2.34. The van der Waals surface area contributed by atoms with Gasteiger partial charge in [-0.05, 0) is 67.6 Å². The molecule has 1 aliphatic heterocycles. The zero-order chi connectivity index (χ0) is 26.6. The maximum Gasteiger partial charge on any atom is 0.290 e. The molecule has 0 N–H and O–H groups in total. The Morgan fingerprint density at radius 2 is 1.49 bits per heavy atom. The zero-order valence-electron chi connectivity index (χ0n) is 23.2. The lowest BCUT2D eigenvalue weighted by molar-refractivity contribution is 0.0719. The third-order valence-electron chi connectivity index (χ3n) is 7.49. The van der Waals surface area contributed by atoms with Crippen molar-refractivity contribution in [1.29, 1.82) is 0 Å². The summed E-state index contributed by atoms with van der Waals surface area (Å²) < 4.78 is 6.09. The smallest absolute Gasteiger partial charge is 0.290 e. The van der Waals surface area contributed by atoms with Crippen molar-refractivity contribution in [3.05, 3.63) is 81.2 Å². The Bertz CT molecular complexity index is 1260. The third-order valence-corrected chi connectivity index (χ3v) is 7.49. The second-order valence-electron chi connectivity index (χ2n) is 11.3. The average molecular weight is 503 g/mol. The minimum atomic E-state index is -0.433. The fourth-order valence-corrected chi connectivity index (χ4v) is 5.27. The Morgan fingerprint density at radius 3 is 2.11 bits per heavy atom. The fourth-order valence-electron chi connectivity index (χ4n) is 5.27. The number of nitrogens with zero attached hydrogens (tertiary/aromatic N) is 2. The summed E-state index contributed by atoms with van der Waals surface area (Å²) in [5.74, 6) is 0.0128. The lowest BCUT2D eigenvalue weighted by atomic mass is 9.86. The molecule has 4 rings (SSSR count). The van der Waals surface area contributed by atoms with E-state index in [2.05, 4.69) is 63.8 Å². The Balaban J connectivity index is 1.67. The molecule has 1 aliphatic rings. The number of carbonyl (C=O) groups excluding carboxylic acids is 1. The van der Waals surface area contributed by atoms with E-state index in [1.165, 1.54) is 31.2 Å². The van der Waals surface area contributed by atoms with Gasteiger partial charge in [0.05, 0.1) is 17.0 Å². The standard InChI is InChI=1S/C32H42N2O3/c1-6-8-19-33(20-9-7-2)21-12-22-34-28(23-15-17-24(18-16-23)32(3,4)5)27-29(35)25-13-10-11-14-26(25)37-30(27)31(34)36/h10-11,13-18,28H,6-9,12,19-22H2,1-5H3. The molecule has 1 unspecified atom stereocenters. The molecule has 1 aromatic heterocycles. The Kier molecular flexibility index (Phi) is 8.53. The number of rotatable bonds is 11. The minimum absolute atomic E-state index is 0.0251. The van der Waals surface area contributed by atoms with E-state index in [0.29, 0.717) is 23.1 Å². The van der Waals surface area contributed by atoms with E-state index < -0.39 is 6.04 Å². The monoisotopic (exact) mass is 502 g/mol. The van der Waals surface area contributed by atoms with Crippen molar-refractivity contribution >= 4 is 16.9 Å². The summed E-state index contributed by atoms with van der Waals surface area (Å²) in [4.78, 5) is 31.8. The average Bonchev–Trinajstić information content (AvgIpc) is 3.16. The highest BCUT2D eigenvalue weighted by atomic mass is 16.3. The third kappa shape index (κ3) is 5.82. The van der Waals surface area contributed by atoms with Gasteiger partial charge in [0, 0.05) is 6.54 Å². The maximum absolute atomic E-state index is 13.7. The molecular formula is C32H42N2O3. The molecule has 2 aromatic carbocycles. The predicted molar refractivity (Wildman–Crippen MR) is 151 cm³/mol. The van der Waals surface area contributed by atoms with Crippen LogP contribution >= 0.6 is 0 Å². The van der Waals surface area contributed by atoms with Crippen LogP contribution < -0.4 is 5.43 Å². The molecular weight excluding hydrogens is 460 g/mol. The molecule has 198 valence electrons. The largest absolute Gasteiger partial charge is 0.450 e. The summed E-state index contributed by atoms with van der Waals surface area (Å²) in [5.41, 5.74) is 3.04. The number of fused-ring (bicyclic) bond motifs is 2. The van der Waals surface area contributed by atoms with Crippen LogP contribution in [0, 0.1) is 0 Å². The first-order valence-electron chi connectivity index (χ1n) is 14.0. The van der Waals surface area contributed by atoms with Gasteiger partial charge in [-0.1, -0.05) is 83.9 Å². The number of unbranched alkanes of at least 4 members (excludes halogenated alkanes) is 2. The topological polar surface area (TPSA) is 53.8 Å². The minimum Gasteiger partial charge on any atom is -0.450 e. The lowest BCUT2D eigenvalue weighted by Gasteiger charge is -2.28. The maximum atomic E-state index is 13.7. The van der Waals surface area contributed by atoms with Crippen LogP contribution in [0.1, 0.15) is 100 Å². The first-order chi connectivity index (χ1) is 17.8. The molecule has 0 fully saturated rings. The van der Waals surface area contributed by atoms with Gasteiger partial charge >= 0.3 is 0 Å². The zero-order valence-corrected chi connectivity index (χ0v) is 23.2. The van der Waals surface area contributed by atoms with E-state index in [1.54, 1.807) is 12.1 Å². The van der Waals surface area contributed by atoms with E-state index in [1.807, 2.05) is 17.0 Å². The van der Waals surface area contributed by atoms with Crippen LogP contribution in [0.25, 0.3) is 11.0 Å². The molecule has 0 aliphatic carbocycles. The summed E-state index contributed by atoms with van der Waals surface area (Å²) in [5, 5.41) is 0.525. The van der Waals surface area contributed by atoms with Crippen molar-refractivity contribution < 1.29 is 9.21 Å². The number of para-hydroxylation sites is 1. The first-order valence-corrected chi connectivity index (χ1v) is 14.0. The summed E-state index contributed by atoms with van der Waals surface area (Å²) in [6, 6.07) is 15.2. The quantitative estimate of drug-likeness (QED) is 0.285.